The van der Waals surface area contributed by atoms with E-state index in [9.17, 15) is 13.2 Å². The van der Waals surface area contributed by atoms with Gasteiger partial charge in [0.1, 0.15) is 11.6 Å². The van der Waals surface area contributed by atoms with Gasteiger partial charge in [-0.05, 0) is 43.7 Å². The maximum atomic E-state index is 13.0. The second-order valence-corrected chi connectivity index (χ2v) is 6.15. The maximum absolute atomic E-state index is 13.0. The minimum atomic E-state index is -4.62. The fraction of sp³-hybridized carbons (Fsp3) is 0.353. The highest BCUT2D eigenvalue weighted by Crippen LogP contribution is 2.28. The van der Waals surface area contributed by atoms with E-state index in [-0.39, 0.29) is 11.8 Å². The molecule has 0 N–H and O–H groups in total. The first-order valence-electron chi connectivity index (χ1n) is 8.00. The van der Waals surface area contributed by atoms with Gasteiger partial charge in [0.05, 0.1) is 6.10 Å². The van der Waals surface area contributed by atoms with Gasteiger partial charge in [-0.3, -0.25) is 0 Å². The molecule has 0 radical (unpaired) electrons. The van der Waals surface area contributed by atoms with Gasteiger partial charge >= 0.3 is 6.18 Å². The molecule has 0 unspecified atom stereocenters. The first-order valence-corrected chi connectivity index (χ1v) is 8.00. The molecule has 26 heavy (non-hydrogen) atoms. The van der Waals surface area contributed by atoms with Gasteiger partial charge in [0.2, 0.25) is 0 Å². The molecule has 9 heteroatoms. The molecule has 0 bridgehead atoms. The van der Waals surface area contributed by atoms with Gasteiger partial charge in [-0.15, -0.1) is 15.3 Å². The smallest absolute Gasteiger partial charge is 0.453 e. The van der Waals surface area contributed by atoms with Crippen molar-refractivity contribution in [1.82, 2.24) is 19.8 Å². The summed E-state index contributed by atoms with van der Waals surface area (Å²) in [5, 5.41) is 10.7. The lowest BCUT2D eigenvalue weighted by atomic mass is 10.2. The molecule has 0 amide bonds. The SMILES string of the molecule is CC(C)Oc1cccc(CN(C)c2ccc3nnc(C(F)(F)F)n3n2)c1. The molecular weight excluding hydrogens is 347 g/mol. The molecule has 2 aromatic heterocycles. The summed E-state index contributed by atoms with van der Waals surface area (Å²) in [5.74, 6) is -0.0273. The Morgan fingerprint density at radius 3 is 2.62 bits per heavy atom. The molecule has 0 saturated heterocycles. The number of ether oxygens (including phenoxy) is 1. The average molecular weight is 365 g/mol. The van der Waals surface area contributed by atoms with Crippen LogP contribution in [0.5, 0.6) is 5.75 Å². The van der Waals surface area contributed by atoms with Gasteiger partial charge < -0.3 is 9.64 Å². The number of fused-ring (bicyclic) bond motifs is 1. The minimum Gasteiger partial charge on any atom is -0.491 e. The molecule has 6 nitrogen and oxygen atoms in total. The quantitative estimate of drug-likeness (QED) is 0.692. The van der Waals surface area contributed by atoms with E-state index in [2.05, 4.69) is 15.3 Å². The Labute approximate surface area is 148 Å². The highest BCUT2D eigenvalue weighted by molar-refractivity contribution is 5.46. The van der Waals surface area contributed by atoms with Crippen LogP contribution in [0.1, 0.15) is 25.2 Å². The van der Waals surface area contributed by atoms with Crippen LogP contribution in [0.15, 0.2) is 36.4 Å². The number of benzene rings is 1. The summed E-state index contributed by atoms with van der Waals surface area (Å²) in [6.45, 7) is 4.34. The summed E-state index contributed by atoms with van der Waals surface area (Å²) in [4.78, 5) is 1.74. The van der Waals surface area contributed by atoms with Gasteiger partial charge in [-0.1, -0.05) is 12.1 Å². The normalized spacial score (nSPS) is 12.0. The van der Waals surface area contributed by atoms with Gasteiger partial charge in [-0.25, -0.2) is 0 Å². The number of anilines is 1. The predicted octanol–water partition coefficient (Wildman–Crippen LogP) is 3.57. The third-order valence-electron chi connectivity index (χ3n) is 3.58. The number of hydrogen-bond donors (Lipinski definition) is 0. The predicted molar refractivity (Wildman–Crippen MR) is 90.1 cm³/mol. The van der Waals surface area contributed by atoms with E-state index < -0.39 is 12.0 Å². The van der Waals surface area contributed by atoms with Crippen molar-refractivity contribution in [3.63, 3.8) is 0 Å². The topological polar surface area (TPSA) is 55.5 Å². The molecule has 2 heterocycles. The van der Waals surface area contributed by atoms with Crippen LogP contribution in [0, 0.1) is 0 Å². The lowest BCUT2D eigenvalue weighted by Gasteiger charge is -2.19. The summed E-state index contributed by atoms with van der Waals surface area (Å²) >= 11 is 0. The van der Waals surface area contributed by atoms with Gasteiger partial charge in [0.15, 0.2) is 5.65 Å². The number of hydrogen-bond acceptors (Lipinski definition) is 5. The minimum absolute atomic E-state index is 0.0433. The van der Waals surface area contributed by atoms with Crippen LogP contribution in [0.3, 0.4) is 0 Å². The molecule has 0 saturated carbocycles. The third kappa shape index (κ3) is 3.87. The lowest BCUT2D eigenvalue weighted by Crippen LogP contribution is -2.20. The molecular formula is C17H18F3N5O. The fourth-order valence-corrected chi connectivity index (χ4v) is 2.50. The molecule has 3 rings (SSSR count). The number of nitrogens with zero attached hydrogens (tertiary/aromatic N) is 5. The molecule has 1 aromatic carbocycles. The van der Waals surface area contributed by atoms with Crippen molar-refractivity contribution in [1.29, 1.82) is 0 Å². The van der Waals surface area contributed by atoms with Gasteiger partial charge in [-0.2, -0.15) is 17.7 Å². The van der Waals surface area contributed by atoms with E-state index in [4.69, 9.17) is 4.74 Å². The summed E-state index contributed by atoms with van der Waals surface area (Å²) in [6, 6.07) is 10.6. The number of alkyl halides is 3. The first kappa shape index (κ1) is 18.0. The molecule has 0 spiro atoms. The Kier molecular flexibility index (Phi) is 4.71. The summed E-state index contributed by atoms with van der Waals surface area (Å²) in [7, 11) is 1.75. The second-order valence-electron chi connectivity index (χ2n) is 6.15. The Morgan fingerprint density at radius 2 is 1.92 bits per heavy atom. The van der Waals surface area contributed by atoms with E-state index in [1.54, 1.807) is 18.0 Å². The van der Waals surface area contributed by atoms with Gasteiger partial charge in [0, 0.05) is 13.6 Å². The van der Waals surface area contributed by atoms with Crippen molar-refractivity contribution in [2.45, 2.75) is 32.7 Å². The van der Waals surface area contributed by atoms with Crippen LogP contribution in [0.25, 0.3) is 5.65 Å². The van der Waals surface area contributed by atoms with E-state index >= 15 is 0 Å². The van der Waals surface area contributed by atoms with Crippen molar-refractivity contribution in [2.75, 3.05) is 11.9 Å². The highest BCUT2D eigenvalue weighted by Gasteiger charge is 2.37. The second kappa shape index (κ2) is 6.81. The van der Waals surface area contributed by atoms with Crippen LogP contribution >= 0.6 is 0 Å². The van der Waals surface area contributed by atoms with Crippen molar-refractivity contribution >= 4 is 11.5 Å². The van der Waals surface area contributed by atoms with Crippen LogP contribution in [0.2, 0.25) is 0 Å². The van der Waals surface area contributed by atoms with Crippen molar-refractivity contribution in [3.8, 4) is 5.75 Å². The number of rotatable bonds is 5. The molecule has 138 valence electrons. The third-order valence-corrected chi connectivity index (χ3v) is 3.58. The average Bonchev–Trinajstić information content (AvgIpc) is 2.97. The van der Waals surface area contributed by atoms with Crippen molar-refractivity contribution in [3.05, 3.63) is 47.8 Å². The largest absolute Gasteiger partial charge is 0.491 e. The Balaban J connectivity index is 1.85. The molecule has 0 aliphatic heterocycles. The Morgan fingerprint density at radius 1 is 1.15 bits per heavy atom. The zero-order chi connectivity index (χ0) is 18.9. The van der Waals surface area contributed by atoms with Gasteiger partial charge in [0.25, 0.3) is 5.82 Å². The zero-order valence-electron chi connectivity index (χ0n) is 14.5. The molecule has 0 aliphatic rings. The summed E-state index contributed by atoms with van der Waals surface area (Å²) < 4.78 is 45.3. The maximum Gasteiger partial charge on any atom is 0.453 e. The monoisotopic (exact) mass is 365 g/mol. The van der Waals surface area contributed by atoms with Crippen molar-refractivity contribution in [2.24, 2.45) is 0 Å². The molecule has 3 aromatic rings. The van der Waals surface area contributed by atoms with Crippen LogP contribution in [-0.4, -0.2) is 33.0 Å². The van der Waals surface area contributed by atoms with Crippen LogP contribution < -0.4 is 9.64 Å². The standard InChI is InChI=1S/C17H18F3N5O/c1-11(2)26-13-6-4-5-12(9-13)10-24(3)15-8-7-14-21-22-16(17(18,19)20)25(14)23-15/h4-9,11H,10H2,1-3H3. The summed E-state index contributed by atoms with van der Waals surface area (Å²) in [5.41, 5.74) is 0.995. The molecule has 0 aliphatic carbocycles. The van der Waals surface area contributed by atoms with Crippen LogP contribution in [-0.2, 0) is 12.7 Å². The molecule has 0 atom stereocenters. The number of aromatic nitrogens is 4. The van der Waals surface area contributed by atoms with Crippen LogP contribution in [0.4, 0.5) is 19.0 Å². The first-order chi connectivity index (χ1) is 12.2. The Hall–Kier alpha value is -2.84. The highest BCUT2D eigenvalue weighted by atomic mass is 19.4. The lowest BCUT2D eigenvalue weighted by molar-refractivity contribution is -0.146. The van der Waals surface area contributed by atoms with E-state index in [0.717, 1.165) is 11.3 Å². The number of halogens is 3. The van der Waals surface area contributed by atoms with E-state index in [1.165, 1.54) is 6.07 Å². The Bertz CT molecular complexity index is 907. The fourth-order valence-electron chi connectivity index (χ4n) is 2.50. The van der Waals surface area contributed by atoms with E-state index in [1.807, 2.05) is 38.1 Å². The van der Waals surface area contributed by atoms with E-state index in [0.29, 0.717) is 16.9 Å². The van der Waals surface area contributed by atoms with Crippen molar-refractivity contribution < 1.29 is 17.9 Å². The molecule has 0 fully saturated rings. The zero-order valence-corrected chi connectivity index (χ0v) is 14.5. The summed E-state index contributed by atoms with van der Waals surface area (Å²) in [6.07, 6.45) is -4.56.